The van der Waals surface area contributed by atoms with Gasteiger partial charge in [-0.2, -0.15) is 5.10 Å². The number of fused-ring (bicyclic) bond motifs is 1. The summed E-state index contributed by atoms with van der Waals surface area (Å²) in [6.45, 7) is 2.54. The van der Waals surface area contributed by atoms with Crippen LogP contribution in [0.5, 0.6) is 0 Å². The molecule has 0 fully saturated rings. The monoisotopic (exact) mass is 269 g/mol. The van der Waals surface area contributed by atoms with E-state index in [1.165, 1.54) is 11.9 Å². The maximum atomic E-state index is 8.96. The second-order valence-corrected chi connectivity index (χ2v) is 4.57. The van der Waals surface area contributed by atoms with Crippen molar-refractivity contribution in [2.45, 2.75) is 13.5 Å². The number of aliphatic hydroxyl groups is 1. The highest BCUT2D eigenvalue weighted by Crippen LogP contribution is 2.22. The first-order valence-electron chi connectivity index (χ1n) is 6.39. The first-order valence-corrected chi connectivity index (χ1v) is 6.39. The number of hydrogen-bond donors (Lipinski definition) is 2. The van der Waals surface area contributed by atoms with Gasteiger partial charge in [0, 0.05) is 11.9 Å². The number of nitrogens with zero attached hydrogens (tertiary/aromatic N) is 4. The predicted octanol–water partition coefficient (Wildman–Crippen LogP) is 1.87. The Morgan fingerprint density at radius 1 is 1.20 bits per heavy atom. The number of rotatable bonds is 4. The average Bonchev–Trinajstić information content (AvgIpc) is 2.85. The Morgan fingerprint density at radius 2 is 2.00 bits per heavy atom. The molecule has 0 saturated heterocycles. The molecule has 6 nitrogen and oxygen atoms in total. The van der Waals surface area contributed by atoms with Crippen molar-refractivity contribution in [2.24, 2.45) is 0 Å². The summed E-state index contributed by atoms with van der Waals surface area (Å²) in [5.74, 6) is 0.711. The van der Waals surface area contributed by atoms with Crippen molar-refractivity contribution in [3.8, 4) is 0 Å². The molecule has 2 heterocycles. The largest absolute Gasteiger partial charge is 0.394 e. The van der Waals surface area contributed by atoms with Crippen LogP contribution in [-0.4, -0.2) is 31.5 Å². The van der Waals surface area contributed by atoms with Gasteiger partial charge in [-0.1, -0.05) is 17.7 Å². The molecule has 0 bridgehead atoms. The smallest absolute Gasteiger partial charge is 0.186 e. The second-order valence-electron chi connectivity index (χ2n) is 4.57. The molecule has 0 amide bonds. The number of aryl methyl sites for hydroxylation is 1. The highest BCUT2D eigenvalue weighted by atomic mass is 16.3. The number of nitrogens with one attached hydrogen (secondary N) is 1. The minimum atomic E-state index is 0.0438. The Hall–Kier alpha value is -2.47. The van der Waals surface area contributed by atoms with E-state index in [4.69, 9.17) is 5.11 Å². The summed E-state index contributed by atoms with van der Waals surface area (Å²) in [5, 5.41) is 17.3. The highest BCUT2D eigenvalue weighted by molar-refractivity contribution is 5.87. The molecule has 0 radical (unpaired) electrons. The van der Waals surface area contributed by atoms with Crippen LogP contribution in [-0.2, 0) is 6.54 Å². The molecular formula is C14H15N5O. The number of benzene rings is 1. The van der Waals surface area contributed by atoms with E-state index in [9.17, 15) is 0 Å². The first-order chi connectivity index (χ1) is 9.76. The van der Waals surface area contributed by atoms with Gasteiger partial charge in [0.25, 0.3) is 0 Å². The van der Waals surface area contributed by atoms with E-state index >= 15 is 0 Å². The molecular weight excluding hydrogens is 254 g/mol. The Kier molecular flexibility index (Phi) is 3.30. The van der Waals surface area contributed by atoms with Crippen LogP contribution in [0.15, 0.2) is 36.8 Å². The van der Waals surface area contributed by atoms with E-state index in [-0.39, 0.29) is 6.61 Å². The third-order valence-corrected chi connectivity index (χ3v) is 3.01. The van der Waals surface area contributed by atoms with Gasteiger partial charge >= 0.3 is 0 Å². The number of anilines is 2. The van der Waals surface area contributed by atoms with Gasteiger partial charge in [-0.3, -0.25) is 4.68 Å². The zero-order valence-electron chi connectivity index (χ0n) is 11.1. The van der Waals surface area contributed by atoms with E-state index < -0.39 is 0 Å². The summed E-state index contributed by atoms with van der Waals surface area (Å²) in [5.41, 5.74) is 2.78. The van der Waals surface area contributed by atoms with E-state index in [1.807, 2.05) is 37.4 Å². The molecule has 20 heavy (non-hydrogen) atoms. The fourth-order valence-corrected chi connectivity index (χ4v) is 1.97. The molecule has 3 aromatic rings. The van der Waals surface area contributed by atoms with Crippen LogP contribution in [0, 0.1) is 6.92 Å². The number of aliphatic hydroxyl groups excluding tert-OH is 1. The van der Waals surface area contributed by atoms with Crippen LogP contribution in [0.2, 0.25) is 0 Å². The minimum absolute atomic E-state index is 0.0438. The van der Waals surface area contributed by atoms with E-state index in [0.717, 1.165) is 11.1 Å². The predicted molar refractivity (Wildman–Crippen MR) is 76.9 cm³/mol. The van der Waals surface area contributed by atoms with Crippen molar-refractivity contribution >= 4 is 22.5 Å². The molecule has 2 aromatic heterocycles. The fraction of sp³-hybridized carbons (Fsp3) is 0.214. The van der Waals surface area contributed by atoms with Gasteiger partial charge in [0.2, 0.25) is 0 Å². The molecule has 0 atom stereocenters. The van der Waals surface area contributed by atoms with Crippen molar-refractivity contribution in [2.75, 3.05) is 11.9 Å². The summed E-state index contributed by atoms with van der Waals surface area (Å²) in [7, 11) is 0. The van der Waals surface area contributed by atoms with Crippen LogP contribution < -0.4 is 5.32 Å². The molecule has 2 N–H and O–H groups in total. The van der Waals surface area contributed by atoms with Crippen LogP contribution in [0.25, 0.3) is 11.0 Å². The number of aromatic nitrogens is 4. The Balaban J connectivity index is 1.96. The fourth-order valence-electron chi connectivity index (χ4n) is 1.97. The van der Waals surface area contributed by atoms with Crippen molar-refractivity contribution in [1.29, 1.82) is 0 Å². The van der Waals surface area contributed by atoms with E-state index in [2.05, 4.69) is 20.4 Å². The summed E-state index contributed by atoms with van der Waals surface area (Å²) < 4.78 is 1.67. The summed E-state index contributed by atoms with van der Waals surface area (Å²) in [6.07, 6.45) is 3.32. The molecule has 0 aliphatic rings. The Morgan fingerprint density at radius 3 is 2.75 bits per heavy atom. The summed E-state index contributed by atoms with van der Waals surface area (Å²) in [6, 6.07) is 8.08. The number of hydrogen-bond acceptors (Lipinski definition) is 5. The van der Waals surface area contributed by atoms with Gasteiger partial charge in [-0.05, 0) is 19.1 Å². The van der Waals surface area contributed by atoms with Gasteiger partial charge in [0.1, 0.15) is 12.1 Å². The van der Waals surface area contributed by atoms with Gasteiger partial charge in [0.15, 0.2) is 5.65 Å². The highest BCUT2D eigenvalue weighted by Gasteiger charge is 2.08. The van der Waals surface area contributed by atoms with E-state index in [1.54, 1.807) is 4.68 Å². The lowest BCUT2D eigenvalue weighted by atomic mass is 10.2. The van der Waals surface area contributed by atoms with Gasteiger partial charge in [-0.25, -0.2) is 9.97 Å². The standard InChI is InChI=1S/C14H15N5O/c1-10-2-4-11(5-3-10)17-13-12-8-19(6-7-20)18-14(12)16-9-15-13/h2-5,8-9,20H,6-7H2,1H3,(H,15,16,17,18). The first kappa shape index (κ1) is 12.6. The lowest BCUT2D eigenvalue weighted by molar-refractivity contribution is 0.270. The van der Waals surface area contributed by atoms with Crippen molar-refractivity contribution in [3.05, 3.63) is 42.4 Å². The lowest BCUT2D eigenvalue weighted by Crippen LogP contribution is -2.01. The summed E-state index contributed by atoms with van der Waals surface area (Å²) in [4.78, 5) is 8.40. The lowest BCUT2D eigenvalue weighted by Gasteiger charge is -2.05. The van der Waals surface area contributed by atoms with Gasteiger partial charge in [-0.15, -0.1) is 0 Å². The van der Waals surface area contributed by atoms with Crippen molar-refractivity contribution in [3.63, 3.8) is 0 Å². The van der Waals surface area contributed by atoms with Crippen molar-refractivity contribution < 1.29 is 5.11 Å². The SMILES string of the molecule is Cc1ccc(Nc2ncnc3nn(CCO)cc23)cc1. The van der Waals surface area contributed by atoms with Crippen LogP contribution in [0.4, 0.5) is 11.5 Å². The molecule has 0 aliphatic carbocycles. The molecule has 1 aromatic carbocycles. The molecule has 0 unspecified atom stereocenters. The minimum Gasteiger partial charge on any atom is -0.394 e. The van der Waals surface area contributed by atoms with Gasteiger partial charge < -0.3 is 10.4 Å². The quantitative estimate of drug-likeness (QED) is 0.756. The Bertz CT molecular complexity index is 720. The third-order valence-electron chi connectivity index (χ3n) is 3.01. The van der Waals surface area contributed by atoms with Crippen LogP contribution in [0.1, 0.15) is 5.56 Å². The molecule has 0 aliphatic heterocycles. The van der Waals surface area contributed by atoms with Crippen LogP contribution >= 0.6 is 0 Å². The zero-order chi connectivity index (χ0) is 13.9. The maximum absolute atomic E-state index is 8.96. The normalized spacial score (nSPS) is 10.9. The van der Waals surface area contributed by atoms with Crippen LogP contribution in [0.3, 0.4) is 0 Å². The Labute approximate surface area is 116 Å². The molecule has 0 saturated carbocycles. The molecule has 102 valence electrons. The summed E-state index contributed by atoms with van der Waals surface area (Å²) >= 11 is 0. The maximum Gasteiger partial charge on any atom is 0.186 e. The second kappa shape index (κ2) is 5.26. The average molecular weight is 269 g/mol. The molecule has 0 spiro atoms. The third kappa shape index (κ3) is 2.46. The zero-order valence-corrected chi connectivity index (χ0v) is 11.1. The van der Waals surface area contributed by atoms with Gasteiger partial charge in [0.05, 0.1) is 18.5 Å². The molecule has 3 rings (SSSR count). The van der Waals surface area contributed by atoms with E-state index in [0.29, 0.717) is 18.0 Å². The van der Waals surface area contributed by atoms with Crippen molar-refractivity contribution in [1.82, 2.24) is 19.7 Å². The topological polar surface area (TPSA) is 75.9 Å². The molecule has 6 heteroatoms.